The fourth-order valence-electron chi connectivity index (χ4n) is 4.41. The number of aliphatic hydroxyl groups is 1. The molecule has 0 bridgehead atoms. The molecule has 2 amide bonds. The summed E-state index contributed by atoms with van der Waals surface area (Å²) in [5.41, 5.74) is 0. The van der Waals surface area contributed by atoms with E-state index in [0.717, 1.165) is 70.6 Å². The third kappa shape index (κ3) is 26.7. The second-order valence-corrected chi connectivity index (χ2v) is 11.2. The standard InChI is InChI=1S/C35H60N2O7/c1-3-5-7-9-11-12-13-15-17-23-27-34(41)44-30(24-20-16-14-10-8-6-4-2)25-21-18-19-22-26-32(39)36-28-33(40)37-31(29-38)35(42)43/h7,9-10,14,20,24,30-31,38H,3-6,8,11-13,15-19,21-23,25-29H2,1-2H3,(H,36,39)(H,37,40)(H,42,43)/b9-7-,14-10-,24-20-. The van der Waals surface area contributed by atoms with E-state index in [1.807, 2.05) is 6.08 Å². The largest absolute Gasteiger partial charge is 0.480 e. The van der Waals surface area contributed by atoms with E-state index < -0.39 is 24.5 Å². The van der Waals surface area contributed by atoms with Gasteiger partial charge in [0.15, 0.2) is 0 Å². The molecule has 0 aromatic rings. The third-order valence-electron chi connectivity index (χ3n) is 7.07. The lowest BCUT2D eigenvalue weighted by atomic mass is 10.1. The molecule has 0 radical (unpaired) electrons. The normalized spacial score (nSPS) is 13.0. The maximum absolute atomic E-state index is 12.5. The Hall–Kier alpha value is -2.94. The molecule has 0 aliphatic rings. The predicted molar refractivity (Wildman–Crippen MR) is 176 cm³/mol. The summed E-state index contributed by atoms with van der Waals surface area (Å²) in [6, 6.07) is -1.39. The summed E-state index contributed by atoms with van der Waals surface area (Å²) in [5, 5.41) is 22.4. The van der Waals surface area contributed by atoms with Crippen molar-refractivity contribution in [2.24, 2.45) is 0 Å². The molecule has 2 unspecified atom stereocenters. The lowest BCUT2D eigenvalue weighted by Crippen LogP contribution is -2.47. The minimum Gasteiger partial charge on any atom is -0.480 e. The van der Waals surface area contributed by atoms with Crippen LogP contribution in [-0.2, 0) is 23.9 Å². The first-order valence-electron chi connectivity index (χ1n) is 16.9. The lowest BCUT2D eigenvalue weighted by molar-refractivity contribution is -0.147. The Morgan fingerprint density at radius 1 is 0.705 bits per heavy atom. The number of hydrogen-bond acceptors (Lipinski definition) is 6. The van der Waals surface area contributed by atoms with E-state index in [1.54, 1.807) is 0 Å². The number of allylic oxidation sites excluding steroid dienone is 5. The number of carboxylic acids is 1. The third-order valence-corrected chi connectivity index (χ3v) is 7.07. The fourth-order valence-corrected chi connectivity index (χ4v) is 4.41. The average molecular weight is 621 g/mol. The molecule has 44 heavy (non-hydrogen) atoms. The van der Waals surface area contributed by atoms with Gasteiger partial charge in [-0.1, -0.05) is 95.6 Å². The quantitative estimate of drug-likeness (QED) is 0.0414. The Bertz CT molecular complexity index is 854. The summed E-state index contributed by atoms with van der Waals surface area (Å²) in [6.07, 6.45) is 30.5. The average Bonchev–Trinajstić information content (AvgIpc) is 3.00. The van der Waals surface area contributed by atoms with Crippen LogP contribution in [0, 0.1) is 0 Å². The molecule has 0 rings (SSSR count). The van der Waals surface area contributed by atoms with Crippen LogP contribution in [0.1, 0.15) is 136 Å². The number of aliphatic hydroxyl groups excluding tert-OH is 1. The van der Waals surface area contributed by atoms with Crippen LogP contribution in [0.3, 0.4) is 0 Å². The molecule has 0 saturated heterocycles. The van der Waals surface area contributed by atoms with Crippen LogP contribution in [0.5, 0.6) is 0 Å². The van der Waals surface area contributed by atoms with E-state index in [0.29, 0.717) is 12.8 Å². The van der Waals surface area contributed by atoms with Gasteiger partial charge in [-0.3, -0.25) is 14.4 Å². The first-order valence-corrected chi connectivity index (χ1v) is 16.9. The second kappa shape index (κ2) is 30.1. The topological polar surface area (TPSA) is 142 Å². The molecule has 0 saturated carbocycles. The molecule has 9 heteroatoms. The van der Waals surface area contributed by atoms with Gasteiger partial charge in [-0.2, -0.15) is 0 Å². The van der Waals surface area contributed by atoms with Gasteiger partial charge >= 0.3 is 11.9 Å². The molecule has 2 atom stereocenters. The monoisotopic (exact) mass is 620 g/mol. The number of hydrogen-bond donors (Lipinski definition) is 4. The van der Waals surface area contributed by atoms with Crippen molar-refractivity contribution in [3.8, 4) is 0 Å². The van der Waals surface area contributed by atoms with Crippen LogP contribution in [0.15, 0.2) is 36.5 Å². The number of esters is 1. The SMILES string of the molecule is CCC/C=C\CCCCCCCC(=O)OC(/C=C\C/C=C\CCCC)CCCCCCC(=O)NCC(=O)NC(CO)C(=O)O. The Labute approximate surface area is 266 Å². The zero-order chi connectivity index (χ0) is 32.7. The van der Waals surface area contributed by atoms with Crippen molar-refractivity contribution in [2.45, 2.75) is 148 Å². The van der Waals surface area contributed by atoms with Crippen molar-refractivity contribution < 1.29 is 34.1 Å². The Morgan fingerprint density at radius 3 is 2.05 bits per heavy atom. The number of amides is 2. The number of ether oxygens (including phenoxy) is 1. The minimum absolute atomic E-state index is 0.144. The van der Waals surface area contributed by atoms with E-state index in [2.05, 4.69) is 54.9 Å². The van der Waals surface area contributed by atoms with Gasteiger partial charge in [0.1, 0.15) is 12.1 Å². The Balaban J connectivity index is 4.36. The molecular weight excluding hydrogens is 560 g/mol. The van der Waals surface area contributed by atoms with E-state index in [-0.39, 0.29) is 30.9 Å². The number of carbonyl (C=O) groups excluding carboxylic acids is 3. The number of carboxylic acid groups (broad SMARTS) is 1. The van der Waals surface area contributed by atoms with Gasteiger partial charge < -0.3 is 25.6 Å². The number of aliphatic carboxylic acids is 1. The maximum atomic E-state index is 12.5. The molecule has 0 aromatic heterocycles. The van der Waals surface area contributed by atoms with Gasteiger partial charge in [-0.05, 0) is 63.9 Å². The summed E-state index contributed by atoms with van der Waals surface area (Å²) < 4.78 is 5.81. The predicted octanol–water partition coefficient (Wildman–Crippen LogP) is 6.70. The molecule has 0 spiro atoms. The van der Waals surface area contributed by atoms with Crippen molar-refractivity contribution in [3.05, 3.63) is 36.5 Å². The molecule has 0 aliphatic carbocycles. The molecule has 0 aromatic carbocycles. The fraction of sp³-hybridized carbons (Fsp3) is 0.714. The van der Waals surface area contributed by atoms with Gasteiger partial charge in [-0.15, -0.1) is 0 Å². The van der Waals surface area contributed by atoms with Crippen LogP contribution in [0.25, 0.3) is 0 Å². The summed E-state index contributed by atoms with van der Waals surface area (Å²) >= 11 is 0. The van der Waals surface area contributed by atoms with Gasteiger partial charge in [0, 0.05) is 12.8 Å². The van der Waals surface area contributed by atoms with Crippen LogP contribution < -0.4 is 10.6 Å². The van der Waals surface area contributed by atoms with Crippen molar-refractivity contribution in [1.82, 2.24) is 10.6 Å². The molecule has 0 aliphatic heterocycles. The first-order chi connectivity index (χ1) is 21.3. The zero-order valence-electron chi connectivity index (χ0n) is 27.4. The highest BCUT2D eigenvalue weighted by Crippen LogP contribution is 2.14. The van der Waals surface area contributed by atoms with Crippen LogP contribution in [0.2, 0.25) is 0 Å². The highest BCUT2D eigenvalue weighted by Gasteiger charge is 2.18. The molecule has 252 valence electrons. The molecule has 9 nitrogen and oxygen atoms in total. The van der Waals surface area contributed by atoms with Crippen LogP contribution >= 0.6 is 0 Å². The van der Waals surface area contributed by atoms with E-state index >= 15 is 0 Å². The summed E-state index contributed by atoms with van der Waals surface area (Å²) in [7, 11) is 0. The highest BCUT2D eigenvalue weighted by molar-refractivity contribution is 5.87. The van der Waals surface area contributed by atoms with Crippen molar-refractivity contribution in [3.63, 3.8) is 0 Å². The van der Waals surface area contributed by atoms with Gasteiger partial charge in [0.05, 0.1) is 13.2 Å². The van der Waals surface area contributed by atoms with Gasteiger partial charge in [0.25, 0.3) is 0 Å². The first kappa shape index (κ1) is 41.1. The number of unbranched alkanes of at least 4 members (excludes halogenated alkanes) is 11. The Morgan fingerprint density at radius 2 is 1.34 bits per heavy atom. The Kier molecular flexibility index (Phi) is 28.1. The lowest BCUT2D eigenvalue weighted by Gasteiger charge is -2.15. The number of nitrogens with one attached hydrogen (secondary N) is 2. The molecular formula is C35H60N2O7. The summed E-state index contributed by atoms with van der Waals surface area (Å²) in [5.74, 6) is -2.45. The summed E-state index contributed by atoms with van der Waals surface area (Å²) in [6.45, 7) is 3.30. The van der Waals surface area contributed by atoms with Crippen molar-refractivity contribution >= 4 is 23.8 Å². The van der Waals surface area contributed by atoms with Crippen LogP contribution in [-0.4, -0.2) is 59.3 Å². The second-order valence-electron chi connectivity index (χ2n) is 11.2. The van der Waals surface area contributed by atoms with E-state index in [4.69, 9.17) is 14.9 Å². The minimum atomic E-state index is -1.39. The molecule has 0 heterocycles. The number of rotatable bonds is 29. The molecule has 4 N–H and O–H groups in total. The molecule has 0 fully saturated rings. The highest BCUT2D eigenvalue weighted by atomic mass is 16.5. The van der Waals surface area contributed by atoms with Crippen molar-refractivity contribution in [1.29, 1.82) is 0 Å². The van der Waals surface area contributed by atoms with Crippen molar-refractivity contribution in [2.75, 3.05) is 13.2 Å². The van der Waals surface area contributed by atoms with E-state index in [9.17, 15) is 19.2 Å². The summed E-state index contributed by atoms with van der Waals surface area (Å²) in [4.78, 5) is 47.1. The smallest absolute Gasteiger partial charge is 0.328 e. The zero-order valence-corrected chi connectivity index (χ0v) is 27.4. The van der Waals surface area contributed by atoms with E-state index in [1.165, 1.54) is 32.1 Å². The van der Waals surface area contributed by atoms with Crippen LogP contribution in [0.4, 0.5) is 0 Å². The van der Waals surface area contributed by atoms with Gasteiger partial charge in [-0.25, -0.2) is 4.79 Å². The van der Waals surface area contributed by atoms with Gasteiger partial charge in [0.2, 0.25) is 11.8 Å². The number of carbonyl (C=O) groups is 4. The maximum Gasteiger partial charge on any atom is 0.328 e.